The first-order valence-corrected chi connectivity index (χ1v) is 8.20. The fourth-order valence-electron chi connectivity index (χ4n) is 2.47. The lowest BCUT2D eigenvalue weighted by atomic mass is 10.0. The summed E-state index contributed by atoms with van der Waals surface area (Å²) in [6.07, 6.45) is 1.83. The highest BCUT2D eigenvalue weighted by Crippen LogP contribution is 2.31. The fourth-order valence-corrected chi connectivity index (χ4v) is 3.21. The number of amides is 1. The normalized spacial score (nSPS) is 18.3. The number of primary sulfonamides is 1. The summed E-state index contributed by atoms with van der Waals surface area (Å²) in [5.74, 6) is -0.261. The molecule has 110 valence electrons. The standard InChI is InChI=1S/C13H17ClN2O3S/c1-13(2)6-3-7-16(13)12(17)10-8-9(20(15,18)19)4-5-11(10)14/h4-5,8H,3,6-7H2,1-2H3,(H2,15,18,19). The predicted molar refractivity (Wildman–Crippen MR) is 77.2 cm³/mol. The van der Waals surface area contributed by atoms with Gasteiger partial charge in [-0.3, -0.25) is 4.79 Å². The van der Waals surface area contributed by atoms with E-state index in [9.17, 15) is 13.2 Å². The maximum atomic E-state index is 12.6. The number of sulfonamides is 1. The number of benzene rings is 1. The molecule has 7 heteroatoms. The van der Waals surface area contributed by atoms with Gasteiger partial charge in [0.05, 0.1) is 15.5 Å². The van der Waals surface area contributed by atoms with E-state index >= 15 is 0 Å². The number of likely N-dealkylation sites (tertiary alicyclic amines) is 1. The fraction of sp³-hybridized carbons (Fsp3) is 0.462. The van der Waals surface area contributed by atoms with Crippen LogP contribution in [0.5, 0.6) is 0 Å². The van der Waals surface area contributed by atoms with Crippen molar-refractivity contribution in [3.05, 3.63) is 28.8 Å². The minimum absolute atomic E-state index is 0.109. The van der Waals surface area contributed by atoms with Gasteiger partial charge in [-0.2, -0.15) is 0 Å². The highest BCUT2D eigenvalue weighted by Gasteiger charge is 2.36. The number of carbonyl (C=O) groups is 1. The molecule has 0 saturated carbocycles. The number of halogens is 1. The third kappa shape index (κ3) is 2.82. The van der Waals surface area contributed by atoms with Crippen molar-refractivity contribution in [2.45, 2.75) is 37.1 Å². The molecule has 20 heavy (non-hydrogen) atoms. The zero-order chi connectivity index (χ0) is 15.1. The van der Waals surface area contributed by atoms with Crippen LogP contribution >= 0.6 is 11.6 Å². The lowest BCUT2D eigenvalue weighted by Crippen LogP contribution is -2.42. The van der Waals surface area contributed by atoms with Crippen LogP contribution in [0.4, 0.5) is 0 Å². The zero-order valence-corrected chi connectivity index (χ0v) is 13.0. The van der Waals surface area contributed by atoms with Crippen LogP contribution in [0, 0.1) is 0 Å². The van der Waals surface area contributed by atoms with Gasteiger partial charge in [-0.25, -0.2) is 13.6 Å². The van der Waals surface area contributed by atoms with E-state index in [0.29, 0.717) is 6.54 Å². The van der Waals surface area contributed by atoms with Gasteiger partial charge in [0.2, 0.25) is 10.0 Å². The molecule has 5 nitrogen and oxygen atoms in total. The van der Waals surface area contributed by atoms with Crippen LogP contribution in [0.15, 0.2) is 23.1 Å². The molecule has 1 aromatic carbocycles. The molecule has 0 aliphatic carbocycles. The van der Waals surface area contributed by atoms with E-state index in [2.05, 4.69) is 0 Å². The molecule has 0 bridgehead atoms. The molecule has 1 aliphatic heterocycles. The molecular formula is C13H17ClN2O3S. The van der Waals surface area contributed by atoms with E-state index in [-0.39, 0.29) is 26.9 Å². The lowest BCUT2D eigenvalue weighted by Gasteiger charge is -2.32. The third-order valence-corrected chi connectivity index (χ3v) is 4.88. The Morgan fingerprint density at radius 3 is 2.55 bits per heavy atom. The molecule has 2 rings (SSSR count). The Morgan fingerprint density at radius 2 is 2.05 bits per heavy atom. The number of carbonyl (C=O) groups excluding carboxylic acids is 1. The Kier molecular flexibility index (Phi) is 3.83. The van der Waals surface area contributed by atoms with Crippen LogP contribution in [0.3, 0.4) is 0 Å². The third-order valence-electron chi connectivity index (χ3n) is 3.64. The average Bonchev–Trinajstić information content (AvgIpc) is 2.67. The van der Waals surface area contributed by atoms with Crippen molar-refractivity contribution in [3.8, 4) is 0 Å². The topological polar surface area (TPSA) is 80.5 Å². The van der Waals surface area contributed by atoms with Crippen molar-refractivity contribution in [1.82, 2.24) is 4.90 Å². The minimum Gasteiger partial charge on any atom is -0.333 e. The van der Waals surface area contributed by atoms with Gasteiger partial charge in [-0.05, 0) is 44.9 Å². The van der Waals surface area contributed by atoms with Gasteiger partial charge < -0.3 is 4.90 Å². The SMILES string of the molecule is CC1(C)CCCN1C(=O)c1cc(S(N)(=O)=O)ccc1Cl. The second-order valence-corrected chi connectivity index (χ2v) is 7.53. The summed E-state index contributed by atoms with van der Waals surface area (Å²) < 4.78 is 22.8. The highest BCUT2D eigenvalue weighted by molar-refractivity contribution is 7.89. The van der Waals surface area contributed by atoms with Crippen molar-refractivity contribution in [3.63, 3.8) is 0 Å². The van der Waals surface area contributed by atoms with Gasteiger partial charge in [0.15, 0.2) is 0 Å². The van der Waals surface area contributed by atoms with E-state index in [0.717, 1.165) is 12.8 Å². The van der Waals surface area contributed by atoms with Crippen LogP contribution in [0.2, 0.25) is 5.02 Å². The molecule has 1 heterocycles. The van der Waals surface area contributed by atoms with E-state index in [1.54, 1.807) is 4.90 Å². The van der Waals surface area contributed by atoms with Gasteiger partial charge in [-0.1, -0.05) is 11.6 Å². The summed E-state index contributed by atoms with van der Waals surface area (Å²) in [4.78, 5) is 14.2. The van der Waals surface area contributed by atoms with E-state index in [1.807, 2.05) is 13.8 Å². The van der Waals surface area contributed by atoms with Gasteiger partial charge in [0.1, 0.15) is 0 Å². The smallest absolute Gasteiger partial charge is 0.255 e. The maximum absolute atomic E-state index is 12.6. The summed E-state index contributed by atoms with van der Waals surface area (Å²) in [7, 11) is -3.86. The Bertz CT molecular complexity index is 656. The Morgan fingerprint density at radius 1 is 1.40 bits per heavy atom. The molecular weight excluding hydrogens is 300 g/mol. The van der Waals surface area contributed by atoms with E-state index in [1.165, 1.54) is 18.2 Å². The second-order valence-electron chi connectivity index (χ2n) is 5.56. The molecule has 1 aliphatic rings. The Hall–Kier alpha value is -1.11. The van der Waals surface area contributed by atoms with Crippen LogP contribution in [-0.2, 0) is 10.0 Å². The van der Waals surface area contributed by atoms with Crippen molar-refractivity contribution in [1.29, 1.82) is 0 Å². The number of rotatable bonds is 2. The molecule has 2 N–H and O–H groups in total. The van der Waals surface area contributed by atoms with Gasteiger partial charge >= 0.3 is 0 Å². The molecule has 0 spiro atoms. The lowest BCUT2D eigenvalue weighted by molar-refractivity contribution is 0.0652. The second kappa shape index (κ2) is 5.02. The summed E-state index contributed by atoms with van der Waals surface area (Å²) in [5.41, 5.74) is -0.0777. The van der Waals surface area contributed by atoms with E-state index in [4.69, 9.17) is 16.7 Å². The van der Waals surface area contributed by atoms with Crippen molar-refractivity contribution >= 4 is 27.5 Å². The van der Waals surface area contributed by atoms with Crippen molar-refractivity contribution < 1.29 is 13.2 Å². The molecule has 1 fully saturated rings. The summed E-state index contributed by atoms with van der Waals surface area (Å²) in [6.45, 7) is 4.60. The summed E-state index contributed by atoms with van der Waals surface area (Å²) in [6, 6.07) is 3.93. The maximum Gasteiger partial charge on any atom is 0.255 e. The first kappa shape index (κ1) is 15.3. The number of hydrogen-bond acceptors (Lipinski definition) is 3. The van der Waals surface area contributed by atoms with Crippen LogP contribution in [-0.4, -0.2) is 31.3 Å². The highest BCUT2D eigenvalue weighted by atomic mass is 35.5. The largest absolute Gasteiger partial charge is 0.333 e. The number of nitrogens with zero attached hydrogens (tertiary/aromatic N) is 1. The average molecular weight is 317 g/mol. The monoisotopic (exact) mass is 316 g/mol. The van der Waals surface area contributed by atoms with Crippen molar-refractivity contribution in [2.75, 3.05) is 6.54 Å². The molecule has 1 aromatic rings. The van der Waals surface area contributed by atoms with Gasteiger partial charge in [-0.15, -0.1) is 0 Å². The summed E-state index contributed by atoms with van der Waals surface area (Å²) in [5, 5.41) is 5.31. The first-order chi connectivity index (χ1) is 9.13. The molecule has 0 atom stereocenters. The van der Waals surface area contributed by atoms with Crippen molar-refractivity contribution in [2.24, 2.45) is 5.14 Å². The first-order valence-electron chi connectivity index (χ1n) is 6.27. The number of nitrogens with two attached hydrogens (primary N) is 1. The van der Waals surface area contributed by atoms with Crippen LogP contribution < -0.4 is 5.14 Å². The molecule has 0 radical (unpaired) electrons. The molecule has 1 amide bonds. The molecule has 1 saturated heterocycles. The van der Waals surface area contributed by atoms with E-state index < -0.39 is 10.0 Å². The molecule has 0 aromatic heterocycles. The van der Waals surface area contributed by atoms with Gasteiger partial charge in [0, 0.05) is 12.1 Å². The Labute approximate surface area is 123 Å². The zero-order valence-electron chi connectivity index (χ0n) is 11.4. The van der Waals surface area contributed by atoms with Crippen LogP contribution in [0.1, 0.15) is 37.0 Å². The molecule has 0 unspecified atom stereocenters. The minimum atomic E-state index is -3.86. The Balaban J connectivity index is 2.45. The predicted octanol–water partition coefficient (Wildman–Crippen LogP) is 2.00. The van der Waals surface area contributed by atoms with Gasteiger partial charge in [0.25, 0.3) is 5.91 Å². The summed E-state index contributed by atoms with van der Waals surface area (Å²) >= 11 is 6.03. The number of hydrogen-bond donors (Lipinski definition) is 1. The van der Waals surface area contributed by atoms with Crippen LogP contribution in [0.25, 0.3) is 0 Å². The quantitative estimate of drug-likeness (QED) is 0.906.